The summed E-state index contributed by atoms with van der Waals surface area (Å²) in [6.07, 6.45) is 1.38. The van der Waals surface area contributed by atoms with E-state index >= 15 is 0 Å². The smallest absolute Gasteiger partial charge is 0.149 e. The van der Waals surface area contributed by atoms with Crippen LogP contribution < -0.4 is 5.32 Å². The Balaban J connectivity index is 2.38. The third-order valence-electron chi connectivity index (χ3n) is 1.93. The van der Waals surface area contributed by atoms with E-state index in [0.717, 1.165) is 10.2 Å². The quantitative estimate of drug-likeness (QED) is 0.720. The lowest BCUT2D eigenvalue weighted by Gasteiger charge is -2.09. The molecule has 0 aliphatic carbocycles. The van der Waals surface area contributed by atoms with Gasteiger partial charge in [0.2, 0.25) is 0 Å². The Morgan fingerprint density at radius 2 is 1.88 bits per heavy atom. The fourth-order valence-corrected chi connectivity index (χ4v) is 2.11. The molecule has 3 nitrogen and oxygen atoms in total. The van der Waals surface area contributed by atoms with E-state index in [1.807, 2.05) is 6.07 Å². The Labute approximate surface area is 125 Å². The second kappa shape index (κ2) is 5.52. The summed E-state index contributed by atoms with van der Waals surface area (Å²) < 4.78 is 1.48. The summed E-state index contributed by atoms with van der Waals surface area (Å²) in [5, 5.41) is 4.09. The van der Waals surface area contributed by atoms with E-state index < -0.39 is 0 Å². The van der Waals surface area contributed by atoms with Crippen molar-refractivity contribution in [3.8, 4) is 0 Å². The molecule has 0 aliphatic heterocycles. The van der Waals surface area contributed by atoms with Gasteiger partial charge in [-0.2, -0.15) is 0 Å². The molecule has 1 heterocycles. The van der Waals surface area contributed by atoms with Crippen molar-refractivity contribution in [1.29, 1.82) is 0 Å². The van der Waals surface area contributed by atoms with Gasteiger partial charge in [0, 0.05) is 9.50 Å². The van der Waals surface area contributed by atoms with E-state index in [2.05, 4.69) is 47.1 Å². The predicted molar refractivity (Wildman–Crippen MR) is 77.2 cm³/mol. The molecular weight excluding hydrogens is 393 g/mol. The highest BCUT2D eigenvalue weighted by Gasteiger charge is 2.08. The first kappa shape index (κ1) is 13.1. The van der Waals surface area contributed by atoms with Crippen LogP contribution in [0.4, 0.5) is 11.5 Å². The molecule has 1 aromatic heterocycles. The van der Waals surface area contributed by atoms with E-state index in [1.165, 1.54) is 6.33 Å². The minimum Gasteiger partial charge on any atom is -0.338 e. The first-order valence-electron chi connectivity index (χ1n) is 4.46. The van der Waals surface area contributed by atoms with Gasteiger partial charge in [-0.25, -0.2) is 9.97 Å². The van der Waals surface area contributed by atoms with E-state index in [0.29, 0.717) is 20.5 Å². The van der Waals surface area contributed by atoms with Crippen molar-refractivity contribution in [2.45, 2.75) is 0 Å². The lowest BCUT2D eigenvalue weighted by atomic mass is 10.3. The molecule has 2 rings (SSSR count). The molecule has 88 valence electrons. The Morgan fingerprint density at radius 3 is 2.65 bits per heavy atom. The standard InChI is InChI=1S/C10H5Br2Cl2N3/c11-6-2-1-5(13)3-7(6)17-10-8(12)9(14)15-4-16-10/h1-4H,(H,15,16,17). The summed E-state index contributed by atoms with van der Waals surface area (Å²) in [5.41, 5.74) is 0.799. The molecule has 0 spiro atoms. The minimum absolute atomic E-state index is 0.348. The zero-order chi connectivity index (χ0) is 12.4. The van der Waals surface area contributed by atoms with Crippen LogP contribution in [0.25, 0.3) is 0 Å². The normalized spacial score (nSPS) is 10.4. The van der Waals surface area contributed by atoms with Gasteiger partial charge in [-0.15, -0.1) is 0 Å². The van der Waals surface area contributed by atoms with Gasteiger partial charge in [-0.1, -0.05) is 23.2 Å². The SMILES string of the molecule is Clc1ccc(Br)c(Nc2ncnc(Cl)c2Br)c1. The van der Waals surface area contributed by atoms with Crippen molar-refractivity contribution < 1.29 is 0 Å². The Kier molecular flexibility index (Phi) is 4.25. The summed E-state index contributed by atoms with van der Waals surface area (Å²) in [6.45, 7) is 0. The molecule has 1 N–H and O–H groups in total. The van der Waals surface area contributed by atoms with Gasteiger partial charge in [0.05, 0.1) is 10.2 Å². The van der Waals surface area contributed by atoms with Crippen LogP contribution in [-0.4, -0.2) is 9.97 Å². The first-order chi connectivity index (χ1) is 8.08. The number of rotatable bonds is 2. The van der Waals surface area contributed by atoms with Gasteiger partial charge < -0.3 is 5.32 Å². The highest BCUT2D eigenvalue weighted by Crippen LogP contribution is 2.32. The number of aromatic nitrogens is 2. The van der Waals surface area contributed by atoms with E-state index in [9.17, 15) is 0 Å². The van der Waals surface area contributed by atoms with E-state index in [-0.39, 0.29) is 0 Å². The molecule has 0 radical (unpaired) electrons. The van der Waals surface area contributed by atoms with Gasteiger partial charge in [-0.05, 0) is 50.1 Å². The number of nitrogens with zero attached hydrogens (tertiary/aromatic N) is 2. The molecule has 7 heteroatoms. The summed E-state index contributed by atoms with van der Waals surface area (Å²) in [4.78, 5) is 7.94. The third-order valence-corrected chi connectivity index (χ3v) is 4.12. The lowest BCUT2D eigenvalue weighted by Crippen LogP contribution is -1.97. The summed E-state index contributed by atoms with van der Waals surface area (Å²) in [6, 6.07) is 5.42. The third kappa shape index (κ3) is 3.10. The molecule has 1 aromatic carbocycles. The lowest BCUT2D eigenvalue weighted by molar-refractivity contribution is 1.15. The Hall–Kier alpha value is -0.360. The molecule has 0 aliphatic rings. The molecule has 0 bridgehead atoms. The molecule has 17 heavy (non-hydrogen) atoms. The second-order valence-corrected chi connectivity index (χ2v) is 5.52. The molecule has 0 amide bonds. The number of hydrogen-bond acceptors (Lipinski definition) is 3. The Morgan fingerprint density at radius 1 is 1.12 bits per heavy atom. The fourth-order valence-electron chi connectivity index (χ4n) is 1.16. The van der Waals surface area contributed by atoms with Crippen molar-refractivity contribution in [3.05, 3.63) is 43.6 Å². The monoisotopic (exact) mass is 395 g/mol. The van der Waals surface area contributed by atoms with Crippen molar-refractivity contribution in [2.75, 3.05) is 5.32 Å². The van der Waals surface area contributed by atoms with Crippen molar-refractivity contribution in [1.82, 2.24) is 9.97 Å². The van der Waals surface area contributed by atoms with Crippen LogP contribution in [0, 0.1) is 0 Å². The topological polar surface area (TPSA) is 37.8 Å². The maximum absolute atomic E-state index is 5.92. The highest BCUT2D eigenvalue weighted by atomic mass is 79.9. The molecule has 0 saturated carbocycles. The van der Waals surface area contributed by atoms with Crippen LogP contribution in [0.5, 0.6) is 0 Å². The van der Waals surface area contributed by atoms with Crippen LogP contribution in [0.2, 0.25) is 10.2 Å². The molecule has 0 fully saturated rings. The van der Waals surface area contributed by atoms with Crippen LogP contribution in [0.3, 0.4) is 0 Å². The van der Waals surface area contributed by atoms with Crippen molar-refractivity contribution in [2.24, 2.45) is 0 Å². The number of anilines is 2. The van der Waals surface area contributed by atoms with Crippen LogP contribution >= 0.6 is 55.1 Å². The van der Waals surface area contributed by atoms with Crippen LogP contribution in [0.1, 0.15) is 0 Å². The fraction of sp³-hybridized carbons (Fsp3) is 0. The van der Waals surface area contributed by atoms with E-state index in [1.54, 1.807) is 12.1 Å². The predicted octanol–water partition coefficient (Wildman–Crippen LogP) is 5.05. The van der Waals surface area contributed by atoms with Gasteiger partial charge in [0.1, 0.15) is 17.3 Å². The van der Waals surface area contributed by atoms with Crippen LogP contribution in [-0.2, 0) is 0 Å². The summed E-state index contributed by atoms with van der Waals surface area (Å²) in [5.74, 6) is 0.577. The average Bonchev–Trinajstić information content (AvgIpc) is 2.30. The van der Waals surface area contributed by atoms with Crippen molar-refractivity contribution >= 4 is 66.6 Å². The molecular formula is C10H5Br2Cl2N3. The number of nitrogens with one attached hydrogen (secondary N) is 1. The average molecular weight is 398 g/mol. The van der Waals surface area contributed by atoms with Crippen molar-refractivity contribution in [3.63, 3.8) is 0 Å². The molecule has 2 aromatic rings. The summed E-state index contributed by atoms with van der Waals surface area (Å²) >= 11 is 18.5. The second-order valence-electron chi connectivity index (χ2n) is 3.08. The van der Waals surface area contributed by atoms with Gasteiger partial charge in [0.25, 0.3) is 0 Å². The first-order valence-corrected chi connectivity index (χ1v) is 6.80. The maximum Gasteiger partial charge on any atom is 0.149 e. The zero-order valence-electron chi connectivity index (χ0n) is 8.22. The molecule has 0 unspecified atom stereocenters. The highest BCUT2D eigenvalue weighted by molar-refractivity contribution is 9.11. The maximum atomic E-state index is 5.92. The minimum atomic E-state index is 0.348. The number of halogens is 4. The van der Waals surface area contributed by atoms with Gasteiger partial charge in [-0.3, -0.25) is 0 Å². The van der Waals surface area contributed by atoms with E-state index in [4.69, 9.17) is 23.2 Å². The van der Waals surface area contributed by atoms with Gasteiger partial charge in [0.15, 0.2) is 0 Å². The van der Waals surface area contributed by atoms with Crippen LogP contribution in [0.15, 0.2) is 33.5 Å². The zero-order valence-corrected chi connectivity index (χ0v) is 12.9. The largest absolute Gasteiger partial charge is 0.338 e. The van der Waals surface area contributed by atoms with Gasteiger partial charge >= 0.3 is 0 Å². The molecule has 0 atom stereocenters. The number of benzene rings is 1. The Bertz CT molecular complexity index is 563. The summed E-state index contributed by atoms with van der Waals surface area (Å²) in [7, 11) is 0. The molecule has 0 saturated heterocycles. The number of hydrogen-bond donors (Lipinski definition) is 1.